The molecule has 0 radical (unpaired) electrons. The molecule has 0 atom stereocenters. The number of hydrogen-bond acceptors (Lipinski definition) is 4. The molecule has 0 bridgehead atoms. The lowest BCUT2D eigenvalue weighted by Gasteiger charge is -2.13. The van der Waals surface area contributed by atoms with E-state index in [0.29, 0.717) is 36.8 Å². The molecule has 0 aliphatic heterocycles. The van der Waals surface area contributed by atoms with E-state index in [-0.39, 0.29) is 5.91 Å². The van der Waals surface area contributed by atoms with Crippen LogP contribution in [0.15, 0.2) is 36.9 Å². The van der Waals surface area contributed by atoms with Gasteiger partial charge in [0.1, 0.15) is 0 Å². The topological polar surface area (TPSA) is 65.4 Å². The second-order valence-corrected chi connectivity index (χ2v) is 5.35. The SMILES string of the molecule is CCCOc1ccc(C(=O)NCCCn2ccnc2)cc1OCC. The van der Waals surface area contributed by atoms with Gasteiger partial charge in [0.05, 0.1) is 19.5 Å². The number of carbonyl (C=O) groups is 1. The van der Waals surface area contributed by atoms with Gasteiger partial charge < -0.3 is 19.4 Å². The van der Waals surface area contributed by atoms with Crippen LogP contribution in [0.25, 0.3) is 0 Å². The third-order valence-corrected chi connectivity index (χ3v) is 3.41. The molecule has 1 aromatic carbocycles. The summed E-state index contributed by atoms with van der Waals surface area (Å²) in [5, 5.41) is 2.92. The third kappa shape index (κ3) is 5.30. The van der Waals surface area contributed by atoms with Crippen LogP contribution in [0.4, 0.5) is 0 Å². The van der Waals surface area contributed by atoms with Crippen molar-refractivity contribution >= 4 is 5.91 Å². The zero-order valence-electron chi connectivity index (χ0n) is 14.3. The van der Waals surface area contributed by atoms with Crippen LogP contribution in [0.3, 0.4) is 0 Å². The summed E-state index contributed by atoms with van der Waals surface area (Å²) < 4.78 is 13.2. The van der Waals surface area contributed by atoms with Gasteiger partial charge in [-0.2, -0.15) is 0 Å². The highest BCUT2D eigenvalue weighted by atomic mass is 16.5. The minimum atomic E-state index is -0.108. The van der Waals surface area contributed by atoms with Crippen LogP contribution < -0.4 is 14.8 Å². The zero-order valence-corrected chi connectivity index (χ0v) is 14.3. The number of aryl methyl sites for hydroxylation is 1. The Morgan fingerprint density at radius 3 is 2.83 bits per heavy atom. The maximum Gasteiger partial charge on any atom is 0.251 e. The average molecular weight is 331 g/mol. The first kappa shape index (κ1) is 17.8. The molecule has 0 spiro atoms. The maximum absolute atomic E-state index is 12.3. The van der Waals surface area contributed by atoms with Gasteiger partial charge in [0, 0.05) is 31.0 Å². The lowest BCUT2D eigenvalue weighted by molar-refractivity contribution is 0.0952. The van der Waals surface area contributed by atoms with E-state index in [0.717, 1.165) is 19.4 Å². The molecule has 0 saturated carbocycles. The molecule has 0 fully saturated rings. The van der Waals surface area contributed by atoms with Gasteiger partial charge in [-0.1, -0.05) is 6.92 Å². The Morgan fingerprint density at radius 2 is 2.12 bits per heavy atom. The number of rotatable bonds is 10. The maximum atomic E-state index is 12.3. The largest absolute Gasteiger partial charge is 0.490 e. The fourth-order valence-corrected chi connectivity index (χ4v) is 2.23. The molecule has 1 N–H and O–H groups in total. The number of nitrogens with one attached hydrogen (secondary N) is 1. The van der Waals surface area contributed by atoms with Crippen molar-refractivity contribution in [2.24, 2.45) is 0 Å². The van der Waals surface area contributed by atoms with Crippen molar-refractivity contribution in [3.63, 3.8) is 0 Å². The molecule has 2 rings (SSSR count). The van der Waals surface area contributed by atoms with Gasteiger partial charge in [-0.25, -0.2) is 4.98 Å². The molecule has 0 aliphatic carbocycles. The summed E-state index contributed by atoms with van der Waals surface area (Å²) in [7, 11) is 0. The van der Waals surface area contributed by atoms with Gasteiger partial charge in [-0.3, -0.25) is 4.79 Å². The number of ether oxygens (including phenoxy) is 2. The van der Waals surface area contributed by atoms with E-state index in [1.807, 2.05) is 24.6 Å². The van der Waals surface area contributed by atoms with Crippen LogP contribution in [0.2, 0.25) is 0 Å². The zero-order chi connectivity index (χ0) is 17.2. The quantitative estimate of drug-likeness (QED) is 0.680. The molecule has 0 saturated heterocycles. The number of benzene rings is 1. The van der Waals surface area contributed by atoms with Crippen LogP contribution in [-0.2, 0) is 6.54 Å². The molecule has 6 nitrogen and oxygen atoms in total. The summed E-state index contributed by atoms with van der Waals surface area (Å²) in [5.74, 6) is 1.18. The standard InChI is InChI=1S/C18H25N3O3/c1-3-12-24-16-7-6-15(13-17(16)23-4-2)18(22)20-8-5-10-21-11-9-19-14-21/h6-7,9,11,13-14H,3-5,8,10,12H2,1-2H3,(H,20,22). The van der Waals surface area contributed by atoms with Crippen molar-refractivity contribution in [3.05, 3.63) is 42.5 Å². The summed E-state index contributed by atoms with van der Waals surface area (Å²) >= 11 is 0. The molecule has 0 aliphatic rings. The molecule has 6 heteroatoms. The van der Waals surface area contributed by atoms with Crippen molar-refractivity contribution in [1.29, 1.82) is 0 Å². The van der Waals surface area contributed by atoms with Crippen molar-refractivity contribution < 1.29 is 14.3 Å². The predicted molar refractivity (Wildman–Crippen MR) is 92.6 cm³/mol. The first-order valence-electron chi connectivity index (χ1n) is 8.38. The molecular weight excluding hydrogens is 306 g/mol. The minimum Gasteiger partial charge on any atom is -0.490 e. The van der Waals surface area contributed by atoms with Gasteiger partial charge in [0.25, 0.3) is 5.91 Å². The highest BCUT2D eigenvalue weighted by Gasteiger charge is 2.11. The van der Waals surface area contributed by atoms with E-state index in [1.54, 1.807) is 30.7 Å². The number of hydrogen-bond donors (Lipinski definition) is 1. The third-order valence-electron chi connectivity index (χ3n) is 3.41. The lowest BCUT2D eigenvalue weighted by Crippen LogP contribution is -2.25. The minimum absolute atomic E-state index is 0.108. The summed E-state index contributed by atoms with van der Waals surface area (Å²) in [6, 6.07) is 5.29. The smallest absolute Gasteiger partial charge is 0.251 e. The predicted octanol–water partition coefficient (Wildman–Crippen LogP) is 2.89. The fraction of sp³-hybridized carbons (Fsp3) is 0.444. The van der Waals surface area contributed by atoms with Crippen molar-refractivity contribution in [3.8, 4) is 11.5 Å². The van der Waals surface area contributed by atoms with E-state index < -0.39 is 0 Å². The summed E-state index contributed by atoms with van der Waals surface area (Å²) in [6.45, 7) is 6.54. The lowest BCUT2D eigenvalue weighted by atomic mass is 10.2. The molecule has 2 aromatic rings. The Kier molecular flexibility index (Phi) is 7.14. The Morgan fingerprint density at radius 1 is 1.25 bits per heavy atom. The number of aromatic nitrogens is 2. The Labute approximate surface area is 142 Å². The molecule has 1 aromatic heterocycles. The molecular formula is C18H25N3O3. The van der Waals surface area contributed by atoms with Crippen LogP contribution in [0, 0.1) is 0 Å². The second-order valence-electron chi connectivity index (χ2n) is 5.35. The van der Waals surface area contributed by atoms with E-state index >= 15 is 0 Å². The van der Waals surface area contributed by atoms with Crippen molar-refractivity contribution in [1.82, 2.24) is 14.9 Å². The van der Waals surface area contributed by atoms with Gasteiger partial charge in [0.15, 0.2) is 11.5 Å². The summed E-state index contributed by atoms with van der Waals surface area (Å²) in [6.07, 6.45) is 7.19. The first-order chi connectivity index (χ1) is 11.7. The highest BCUT2D eigenvalue weighted by Crippen LogP contribution is 2.28. The number of imidazole rings is 1. The van der Waals surface area contributed by atoms with Gasteiger partial charge in [-0.05, 0) is 38.0 Å². The van der Waals surface area contributed by atoms with E-state index in [2.05, 4.69) is 10.3 Å². The van der Waals surface area contributed by atoms with Crippen molar-refractivity contribution in [2.45, 2.75) is 33.2 Å². The van der Waals surface area contributed by atoms with E-state index in [9.17, 15) is 4.79 Å². The Hall–Kier alpha value is -2.50. The van der Waals surface area contributed by atoms with Crippen LogP contribution >= 0.6 is 0 Å². The fourth-order valence-electron chi connectivity index (χ4n) is 2.23. The molecule has 130 valence electrons. The monoisotopic (exact) mass is 331 g/mol. The first-order valence-corrected chi connectivity index (χ1v) is 8.38. The molecule has 24 heavy (non-hydrogen) atoms. The molecule has 1 heterocycles. The van der Waals surface area contributed by atoms with E-state index in [1.165, 1.54) is 0 Å². The van der Waals surface area contributed by atoms with Crippen LogP contribution in [0.1, 0.15) is 37.0 Å². The number of amides is 1. The summed E-state index contributed by atoms with van der Waals surface area (Å²) in [4.78, 5) is 16.3. The van der Waals surface area contributed by atoms with Gasteiger partial charge in [-0.15, -0.1) is 0 Å². The van der Waals surface area contributed by atoms with Crippen molar-refractivity contribution in [2.75, 3.05) is 19.8 Å². The van der Waals surface area contributed by atoms with Crippen LogP contribution in [-0.4, -0.2) is 35.2 Å². The Balaban J connectivity index is 1.89. The van der Waals surface area contributed by atoms with Crippen LogP contribution in [0.5, 0.6) is 11.5 Å². The summed E-state index contributed by atoms with van der Waals surface area (Å²) in [5.41, 5.74) is 0.574. The molecule has 0 unspecified atom stereocenters. The normalized spacial score (nSPS) is 10.4. The Bertz CT molecular complexity index is 626. The second kappa shape index (κ2) is 9.60. The number of nitrogens with zero attached hydrogens (tertiary/aromatic N) is 2. The van der Waals surface area contributed by atoms with Gasteiger partial charge in [0.2, 0.25) is 0 Å². The van der Waals surface area contributed by atoms with Gasteiger partial charge >= 0.3 is 0 Å². The molecule has 1 amide bonds. The average Bonchev–Trinajstić information content (AvgIpc) is 3.11. The highest BCUT2D eigenvalue weighted by molar-refractivity contribution is 5.94. The van der Waals surface area contributed by atoms with E-state index in [4.69, 9.17) is 9.47 Å². The number of carbonyl (C=O) groups excluding carboxylic acids is 1.